The molecule has 2 bridgehead atoms. The van der Waals surface area contributed by atoms with Gasteiger partial charge in [-0.1, -0.05) is 47.7 Å². The highest BCUT2D eigenvalue weighted by molar-refractivity contribution is 6.02. The number of aliphatic hydroxyl groups excluding tert-OH is 1. The predicted molar refractivity (Wildman–Crippen MR) is 163 cm³/mol. The van der Waals surface area contributed by atoms with E-state index in [0.29, 0.717) is 42.0 Å². The van der Waals surface area contributed by atoms with E-state index in [-0.39, 0.29) is 12.6 Å². The van der Waals surface area contributed by atoms with Gasteiger partial charge in [0, 0.05) is 5.69 Å². The Morgan fingerprint density at radius 1 is 1.07 bits per heavy atom. The van der Waals surface area contributed by atoms with Gasteiger partial charge < -0.3 is 30.1 Å². The number of nitrogens with zero attached hydrogens (tertiary/aromatic N) is 4. The SMILES string of the molecule is CCOc1ccc(NC(=O)[C@@H]2[C@@H]3CCC4(O3)C(C(=O)NCn3nnc5ccccc53)N([C@H](CO)c3ccccc3)C(=O)[C@H]24)cc1. The van der Waals surface area contributed by atoms with Crippen molar-refractivity contribution in [3.63, 3.8) is 0 Å². The lowest BCUT2D eigenvalue weighted by molar-refractivity contribution is -0.145. The van der Waals surface area contributed by atoms with Crippen molar-refractivity contribution in [3.8, 4) is 5.75 Å². The van der Waals surface area contributed by atoms with Gasteiger partial charge in [0.2, 0.25) is 17.7 Å². The molecule has 2 unspecified atom stereocenters. The van der Waals surface area contributed by atoms with Gasteiger partial charge >= 0.3 is 0 Å². The summed E-state index contributed by atoms with van der Waals surface area (Å²) in [6.45, 7) is 2.02. The molecule has 3 aliphatic heterocycles. The molecular weight excluding hydrogens is 576 g/mol. The molecule has 12 heteroatoms. The molecular formula is C33H34N6O6. The molecule has 3 saturated heterocycles. The van der Waals surface area contributed by atoms with Crippen LogP contribution in [-0.4, -0.2) is 73.7 Å². The van der Waals surface area contributed by atoms with Crippen LogP contribution in [0.25, 0.3) is 11.0 Å². The minimum Gasteiger partial charge on any atom is -0.494 e. The maximum atomic E-state index is 14.5. The average Bonchev–Trinajstić information content (AvgIpc) is 3.81. The van der Waals surface area contributed by atoms with Crippen LogP contribution >= 0.6 is 0 Å². The van der Waals surface area contributed by atoms with Crippen molar-refractivity contribution in [2.75, 3.05) is 18.5 Å². The molecule has 7 rings (SSSR count). The molecule has 12 nitrogen and oxygen atoms in total. The first-order valence-electron chi connectivity index (χ1n) is 15.2. The van der Waals surface area contributed by atoms with E-state index in [4.69, 9.17) is 9.47 Å². The van der Waals surface area contributed by atoms with Crippen LogP contribution in [0.2, 0.25) is 0 Å². The lowest BCUT2D eigenvalue weighted by atomic mass is 9.70. The van der Waals surface area contributed by atoms with E-state index in [1.807, 2.05) is 61.5 Å². The molecule has 3 amide bonds. The zero-order chi connectivity index (χ0) is 31.1. The van der Waals surface area contributed by atoms with Gasteiger partial charge in [-0.25, -0.2) is 4.68 Å². The van der Waals surface area contributed by atoms with E-state index < -0.39 is 54.0 Å². The number of anilines is 1. The molecule has 3 fully saturated rings. The highest BCUT2D eigenvalue weighted by Gasteiger charge is 2.75. The summed E-state index contributed by atoms with van der Waals surface area (Å²) in [6, 6.07) is 21.6. The first-order valence-corrected chi connectivity index (χ1v) is 15.2. The summed E-state index contributed by atoms with van der Waals surface area (Å²) in [5.74, 6) is -2.22. The van der Waals surface area contributed by atoms with E-state index in [1.165, 1.54) is 4.90 Å². The Bertz CT molecular complexity index is 1730. The third-order valence-corrected chi connectivity index (χ3v) is 9.24. The van der Waals surface area contributed by atoms with E-state index in [2.05, 4.69) is 20.9 Å². The molecule has 3 aromatic carbocycles. The van der Waals surface area contributed by atoms with E-state index in [1.54, 1.807) is 28.9 Å². The van der Waals surface area contributed by atoms with Crippen LogP contribution in [0.3, 0.4) is 0 Å². The van der Waals surface area contributed by atoms with Crippen LogP contribution in [0.15, 0.2) is 78.9 Å². The summed E-state index contributed by atoms with van der Waals surface area (Å²) in [5.41, 5.74) is 1.44. The van der Waals surface area contributed by atoms with E-state index >= 15 is 0 Å². The number of ether oxygens (including phenoxy) is 2. The van der Waals surface area contributed by atoms with Crippen molar-refractivity contribution in [2.45, 2.75) is 50.2 Å². The number of carbonyl (C=O) groups is 3. The van der Waals surface area contributed by atoms with Gasteiger partial charge in [0.15, 0.2) is 0 Å². The van der Waals surface area contributed by atoms with Crippen molar-refractivity contribution in [3.05, 3.63) is 84.4 Å². The maximum Gasteiger partial charge on any atom is 0.247 e. The summed E-state index contributed by atoms with van der Waals surface area (Å²) in [5, 5.41) is 24.9. The van der Waals surface area contributed by atoms with Crippen molar-refractivity contribution in [1.29, 1.82) is 0 Å². The molecule has 0 radical (unpaired) electrons. The van der Waals surface area contributed by atoms with Gasteiger partial charge in [0.25, 0.3) is 0 Å². The second-order valence-electron chi connectivity index (χ2n) is 11.6. The van der Waals surface area contributed by atoms with Gasteiger partial charge in [0.1, 0.15) is 29.6 Å². The molecule has 4 aromatic rings. The van der Waals surface area contributed by atoms with E-state index in [9.17, 15) is 19.5 Å². The summed E-state index contributed by atoms with van der Waals surface area (Å²) in [7, 11) is 0. The topological polar surface area (TPSA) is 148 Å². The minimum atomic E-state index is -1.24. The summed E-state index contributed by atoms with van der Waals surface area (Å²) < 4.78 is 13.6. The fourth-order valence-corrected chi connectivity index (χ4v) is 7.37. The number of carbonyl (C=O) groups excluding carboxylic acids is 3. The highest BCUT2D eigenvalue weighted by Crippen LogP contribution is 2.59. The lowest BCUT2D eigenvalue weighted by Crippen LogP contribution is -2.56. The molecule has 3 aliphatic rings. The number of amides is 3. The molecule has 3 N–H and O–H groups in total. The third kappa shape index (κ3) is 4.81. The Morgan fingerprint density at radius 2 is 1.82 bits per heavy atom. The third-order valence-electron chi connectivity index (χ3n) is 9.24. The van der Waals surface area contributed by atoms with Gasteiger partial charge in [-0.15, -0.1) is 5.10 Å². The second kappa shape index (κ2) is 11.6. The first-order chi connectivity index (χ1) is 21.9. The molecule has 45 heavy (non-hydrogen) atoms. The molecule has 6 atom stereocenters. The zero-order valence-corrected chi connectivity index (χ0v) is 24.7. The second-order valence-corrected chi connectivity index (χ2v) is 11.6. The number of likely N-dealkylation sites (tertiary alicyclic amines) is 1. The standard InChI is InChI=1S/C33H34N6O6/c1-2-44-22-14-12-21(13-15-22)35-30(41)27-26-16-17-33(45-26)28(27)32(43)39(25(18-40)20-8-4-3-5-9-20)29(33)31(42)34-19-38-24-11-7-6-10-23(24)36-37-38/h3-15,25-29,40H,2,16-19H2,1H3,(H,34,42)(H,35,41)/t25-,26+,27-,28+,29?,33?/m1/s1. The number of para-hydroxylation sites is 1. The number of rotatable bonds is 10. The first kappa shape index (κ1) is 28.9. The average molecular weight is 611 g/mol. The Labute approximate surface area is 259 Å². The Balaban J connectivity index is 1.21. The lowest BCUT2D eigenvalue weighted by Gasteiger charge is -2.36. The fourth-order valence-electron chi connectivity index (χ4n) is 7.37. The van der Waals surface area contributed by atoms with Gasteiger partial charge in [-0.2, -0.15) is 0 Å². The molecule has 4 heterocycles. The zero-order valence-electron chi connectivity index (χ0n) is 24.7. The van der Waals surface area contributed by atoms with Crippen LogP contribution < -0.4 is 15.4 Å². The fraction of sp³-hybridized carbons (Fsp3) is 0.364. The summed E-state index contributed by atoms with van der Waals surface area (Å²) in [6.07, 6.45) is 0.419. The number of nitrogens with one attached hydrogen (secondary N) is 2. The number of fused-ring (bicyclic) bond motifs is 2. The van der Waals surface area contributed by atoms with Crippen LogP contribution in [0.1, 0.15) is 31.4 Å². The monoisotopic (exact) mass is 610 g/mol. The van der Waals surface area contributed by atoms with Crippen LogP contribution in [0.5, 0.6) is 5.75 Å². The molecule has 1 aromatic heterocycles. The molecule has 1 spiro atoms. The van der Waals surface area contributed by atoms with Crippen molar-refractivity contribution in [2.24, 2.45) is 11.8 Å². The predicted octanol–water partition coefficient (Wildman–Crippen LogP) is 2.65. The Morgan fingerprint density at radius 3 is 2.58 bits per heavy atom. The Kier molecular flexibility index (Phi) is 7.46. The van der Waals surface area contributed by atoms with Gasteiger partial charge in [-0.3, -0.25) is 14.4 Å². The van der Waals surface area contributed by atoms with Crippen molar-refractivity contribution < 1.29 is 29.0 Å². The summed E-state index contributed by atoms with van der Waals surface area (Å²) >= 11 is 0. The largest absolute Gasteiger partial charge is 0.494 e. The molecule has 0 saturated carbocycles. The van der Waals surface area contributed by atoms with Crippen LogP contribution in [0, 0.1) is 11.8 Å². The smallest absolute Gasteiger partial charge is 0.247 e. The number of benzene rings is 3. The van der Waals surface area contributed by atoms with Crippen molar-refractivity contribution >= 4 is 34.4 Å². The van der Waals surface area contributed by atoms with E-state index in [0.717, 1.165) is 5.52 Å². The highest BCUT2D eigenvalue weighted by atomic mass is 16.5. The Hall–Kier alpha value is -4.81. The number of aromatic nitrogens is 3. The van der Waals surface area contributed by atoms with Crippen LogP contribution in [0.4, 0.5) is 5.69 Å². The number of hydrogen-bond donors (Lipinski definition) is 3. The summed E-state index contributed by atoms with van der Waals surface area (Å²) in [4.78, 5) is 44.0. The van der Waals surface area contributed by atoms with Gasteiger partial charge in [-0.05, 0) is 61.7 Å². The number of aliphatic hydroxyl groups is 1. The minimum absolute atomic E-state index is 0.0127. The molecule has 0 aliphatic carbocycles. The maximum absolute atomic E-state index is 14.5. The van der Waals surface area contributed by atoms with Crippen LogP contribution in [-0.2, 0) is 25.8 Å². The number of hydrogen-bond acceptors (Lipinski definition) is 8. The normalized spacial score (nSPS) is 25.7. The van der Waals surface area contributed by atoms with Crippen molar-refractivity contribution in [1.82, 2.24) is 25.2 Å². The van der Waals surface area contributed by atoms with Gasteiger partial charge in [0.05, 0.1) is 42.7 Å². The quantitative estimate of drug-likeness (QED) is 0.248. The molecule has 232 valence electrons.